The van der Waals surface area contributed by atoms with Crippen molar-refractivity contribution in [3.05, 3.63) is 46.5 Å². The number of nitro groups is 1. The number of aryl methyl sites for hydroxylation is 1. The number of nitro benzene ring substituents is 1. The third kappa shape index (κ3) is 3.01. The van der Waals surface area contributed by atoms with Gasteiger partial charge in [-0.3, -0.25) is 10.1 Å². The molecule has 0 bridgehead atoms. The molecule has 19 heavy (non-hydrogen) atoms. The summed E-state index contributed by atoms with van der Waals surface area (Å²) in [5, 5.41) is 13.8. The predicted octanol–water partition coefficient (Wildman–Crippen LogP) is 1.57. The zero-order valence-electron chi connectivity index (χ0n) is 10.5. The maximum absolute atomic E-state index is 10.6. The number of rotatable bonds is 5. The van der Waals surface area contributed by atoms with Gasteiger partial charge in [0.05, 0.1) is 4.92 Å². The van der Waals surface area contributed by atoms with Crippen LogP contribution in [0.25, 0.3) is 0 Å². The first kappa shape index (κ1) is 12.9. The summed E-state index contributed by atoms with van der Waals surface area (Å²) in [4.78, 5) is 14.4. The maximum atomic E-state index is 10.6. The van der Waals surface area contributed by atoms with Gasteiger partial charge in [-0.25, -0.2) is 4.98 Å². The molecule has 0 atom stereocenters. The van der Waals surface area contributed by atoms with Crippen molar-refractivity contribution in [2.24, 2.45) is 7.05 Å². The first-order valence-corrected chi connectivity index (χ1v) is 5.82. The smallest absolute Gasteiger partial charge is 0.292 e. The number of hydrogen-bond acceptors (Lipinski definition) is 5. The van der Waals surface area contributed by atoms with Crippen LogP contribution in [0.15, 0.2) is 30.6 Å². The predicted molar refractivity (Wildman–Crippen MR) is 72.9 cm³/mol. The average Bonchev–Trinajstić information content (AvgIpc) is 2.75. The first-order valence-electron chi connectivity index (χ1n) is 5.82. The number of anilines is 2. The van der Waals surface area contributed by atoms with Crippen LogP contribution >= 0.6 is 0 Å². The van der Waals surface area contributed by atoms with Crippen molar-refractivity contribution in [1.29, 1.82) is 0 Å². The van der Waals surface area contributed by atoms with Gasteiger partial charge >= 0.3 is 0 Å². The minimum atomic E-state index is -0.493. The molecule has 0 spiro atoms. The van der Waals surface area contributed by atoms with E-state index in [9.17, 15) is 10.1 Å². The van der Waals surface area contributed by atoms with E-state index >= 15 is 0 Å². The van der Waals surface area contributed by atoms with Crippen LogP contribution in [0, 0.1) is 10.1 Å². The fourth-order valence-electron chi connectivity index (χ4n) is 1.79. The Labute approximate surface area is 110 Å². The van der Waals surface area contributed by atoms with Crippen molar-refractivity contribution in [3.63, 3.8) is 0 Å². The van der Waals surface area contributed by atoms with Crippen LogP contribution < -0.4 is 11.1 Å². The maximum Gasteiger partial charge on any atom is 0.292 e. The molecule has 0 amide bonds. The van der Waals surface area contributed by atoms with Crippen LogP contribution in [0.1, 0.15) is 5.82 Å². The van der Waals surface area contributed by atoms with Crippen LogP contribution in [0.3, 0.4) is 0 Å². The molecular formula is C12H15N5O2. The zero-order valence-corrected chi connectivity index (χ0v) is 10.5. The number of benzene rings is 1. The van der Waals surface area contributed by atoms with Gasteiger partial charge in [-0.1, -0.05) is 0 Å². The Kier molecular flexibility index (Phi) is 3.65. The summed E-state index contributed by atoms with van der Waals surface area (Å²) in [5.41, 5.74) is 6.46. The molecule has 1 aromatic carbocycles. The molecule has 0 aliphatic rings. The Hall–Kier alpha value is -2.57. The van der Waals surface area contributed by atoms with Crippen LogP contribution in [-0.4, -0.2) is 21.0 Å². The highest BCUT2D eigenvalue weighted by atomic mass is 16.6. The van der Waals surface area contributed by atoms with E-state index in [2.05, 4.69) is 10.3 Å². The highest BCUT2D eigenvalue weighted by Gasteiger charge is 2.10. The SMILES string of the molecule is Cn1ccnc1CCNc1ccc([N+](=O)[O-])c(N)c1. The molecule has 1 aromatic heterocycles. The van der Waals surface area contributed by atoms with Gasteiger partial charge in [-0.2, -0.15) is 0 Å². The van der Waals surface area contributed by atoms with Gasteiger partial charge in [0.15, 0.2) is 0 Å². The van der Waals surface area contributed by atoms with Gasteiger partial charge in [-0.05, 0) is 12.1 Å². The quantitative estimate of drug-likeness (QED) is 0.483. The normalized spacial score (nSPS) is 10.4. The Bertz CT molecular complexity index is 594. The molecule has 2 rings (SSSR count). The van der Waals surface area contributed by atoms with Gasteiger partial charge in [0.1, 0.15) is 11.5 Å². The zero-order chi connectivity index (χ0) is 13.8. The van der Waals surface area contributed by atoms with E-state index < -0.39 is 4.92 Å². The monoisotopic (exact) mass is 261 g/mol. The van der Waals surface area contributed by atoms with E-state index in [1.54, 1.807) is 18.3 Å². The van der Waals surface area contributed by atoms with E-state index in [4.69, 9.17) is 5.73 Å². The van der Waals surface area contributed by atoms with E-state index in [1.807, 2.05) is 17.8 Å². The molecule has 1 heterocycles. The second-order valence-electron chi connectivity index (χ2n) is 4.16. The largest absolute Gasteiger partial charge is 0.393 e. The van der Waals surface area contributed by atoms with Crippen molar-refractivity contribution in [2.75, 3.05) is 17.6 Å². The van der Waals surface area contributed by atoms with Crippen molar-refractivity contribution in [3.8, 4) is 0 Å². The third-order valence-electron chi connectivity index (χ3n) is 2.82. The van der Waals surface area contributed by atoms with Gasteiger partial charge in [0.25, 0.3) is 5.69 Å². The summed E-state index contributed by atoms with van der Waals surface area (Å²) < 4.78 is 1.95. The van der Waals surface area contributed by atoms with Crippen LogP contribution in [-0.2, 0) is 13.5 Å². The van der Waals surface area contributed by atoms with Gasteiger partial charge < -0.3 is 15.6 Å². The summed E-state index contributed by atoms with van der Waals surface area (Å²) in [6.45, 7) is 0.683. The molecule has 0 aliphatic heterocycles. The lowest BCUT2D eigenvalue weighted by molar-refractivity contribution is -0.383. The molecule has 3 N–H and O–H groups in total. The lowest BCUT2D eigenvalue weighted by Crippen LogP contribution is -2.09. The number of nitrogens with zero attached hydrogens (tertiary/aromatic N) is 3. The Balaban J connectivity index is 1.95. The van der Waals surface area contributed by atoms with Crippen LogP contribution in [0.2, 0.25) is 0 Å². The molecule has 7 nitrogen and oxygen atoms in total. The second-order valence-corrected chi connectivity index (χ2v) is 4.16. The second kappa shape index (κ2) is 5.38. The highest BCUT2D eigenvalue weighted by Crippen LogP contribution is 2.24. The van der Waals surface area contributed by atoms with E-state index in [1.165, 1.54) is 6.07 Å². The van der Waals surface area contributed by atoms with Gasteiger partial charge in [0, 0.05) is 44.2 Å². The van der Waals surface area contributed by atoms with E-state index in [0.29, 0.717) is 6.54 Å². The van der Waals surface area contributed by atoms with E-state index in [0.717, 1.165) is 17.9 Å². The van der Waals surface area contributed by atoms with Crippen molar-refractivity contribution < 1.29 is 4.92 Å². The minimum Gasteiger partial charge on any atom is -0.393 e. The molecule has 2 aromatic rings. The molecule has 100 valence electrons. The summed E-state index contributed by atoms with van der Waals surface area (Å²) in [7, 11) is 1.94. The lowest BCUT2D eigenvalue weighted by Gasteiger charge is -2.07. The standard InChI is InChI=1S/C12H15N5O2/c1-16-7-6-15-12(16)4-5-14-9-2-3-11(17(18)19)10(13)8-9/h2-3,6-8,14H,4-5,13H2,1H3. The molecular weight excluding hydrogens is 246 g/mol. The number of nitrogen functional groups attached to an aromatic ring is 1. The van der Waals surface area contributed by atoms with Crippen molar-refractivity contribution >= 4 is 17.1 Å². The average molecular weight is 261 g/mol. The van der Waals surface area contributed by atoms with Gasteiger partial charge in [0.2, 0.25) is 0 Å². The minimum absolute atomic E-state index is 0.0744. The first-order chi connectivity index (χ1) is 9.08. The molecule has 0 saturated carbocycles. The third-order valence-corrected chi connectivity index (χ3v) is 2.82. The fourth-order valence-corrected chi connectivity index (χ4v) is 1.79. The summed E-state index contributed by atoms with van der Waals surface area (Å²) in [6.07, 6.45) is 4.40. The molecule has 0 radical (unpaired) electrons. The molecule has 0 saturated heterocycles. The van der Waals surface area contributed by atoms with E-state index in [-0.39, 0.29) is 11.4 Å². The van der Waals surface area contributed by atoms with Crippen LogP contribution in [0.5, 0.6) is 0 Å². The Morgan fingerprint density at radius 1 is 1.53 bits per heavy atom. The molecule has 0 fully saturated rings. The Morgan fingerprint density at radius 2 is 2.32 bits per heavy atom. The number of nitrogens with two attached hydrogens (primary N) is 1. The molecule has 0 unspecified atom stereocenters. The molecule has 7 heteroatoms. The van der Waals surface area contributed by atoms with Crippen molar-refractivity contribution in [2.45, 2.75) is 6.42 Å². The topological polar surface area (TPSA) is 99.0 Å². The summed E-state index contributed by atoms with van der Waals surface area (Å²) in [5.74, 6) is 0.974. The number of nitrogens with one attached hydrogen (secondary N) is 1. The highest BCUT2D eigenvalue weighted by molar-refractivity contribution is 5.65. The van der Waals surface area contributed by atoms with Crippen LogP contribution in [0.4, 0.5) is 17.1 Å². The molecule has 0 aliphatic carbocycles. The number of hydrogen-bond donors (Lipinski definition) is 2. The number of aromatic nitrogens is 2. The summed E-state index contributed by atoms with van der Waals surface area (Å²) in [6, 6.07) is 4.61. The number of imidazole rings is 1. The lowest BCUT2D eigenvalue weighted by atomic mass is 10.2. The Morgan fingerprint density at radius 3 is 2.89 bits per heavy atom. The van der Waals surface area contributed by atoms with Gasteiger partial charge in [-0.15, -0.1) is 0 Å². The van der Waals surface area contributed by atoms with Crippen molar-refractivity contribution in [1.82, 2.24) is 9.55 Å². The fraction of sp³-hybridized carbons (Fsp3) is 0.250. The summed E-state index contributed by atoms with van der Waals surface area (Å²) >= 11 is 0.